The largest absolute Gasteiger partial charge is 0.379 e. The summed E-state index contributed by atoms with van der Waals surface area (Å²) in [7, 11) is 0. The molecule has 1 aliphatic heterocycles. The minimum Gasteiger partial charge on any atom is -0.379 e. The molecule has 1 aromatic carbocycles. The number of benzene rings is 1. The molecular weight excluding hydrogens is 304 g/mol. The van der Waals surface area contributed by atoms with Crippen molar-refractivity contribution in [3.8, 4) is 6.07 Å². The minimum absolute atomic E-state index is 0.0659. The SMILES string of the molecule is Cc1cc(C)cc(N/C=C(/C#N)C(=O)NCCN2CCOCC2)c1. The van der Waals surface area contributed by atoms with Gasteiger partial charge in [-0.05, 0) is 37.1 Å². The van der Waals surface area contributed by atoms with E-state index in [9.17, 15) is 10.1 Å². The van der Waals surface area contributed by atoms with Gasteiger partial charge in [-0.2, -0.15) is 5.26 Å². The molecule has 0 atom stereocenters. The monoisotopic (exact) mass is 328 g/mol. The van der Waals surface area contributed by atoms with Gasteiger partial charge < -0.3 is 15.4 Å². The van der Waals surface area contributed by atoms with Gasteiger partial charge in [-0.3, -0.25) is 9.69 Å². The van der Waals surface area contributed by atoms with Gasteiger partial charge in [-0.25, -0.2) is 0 Å². The maximum atomic E-state index is 12.1. The van der Waals surface area contributed by atoms with E-state index < -0.39 is 0 Å². The highest BCUT2D eigenvalue weighted by atomic mass is 16.5. The van der Waals surface area contributed by atoms with E-state index in [1.165, 1.54) is 6.20 Å². The lowest BCUT2D eigenvalue weighted by Gasteiger charge is -2.26. The standard InChI is InChI=1S/C18H24N4O2/c1-14-9-15(2)11-17(10-14)21-13-16(12-19)18(23)20-3-4-22-5-7-24-8-6-22/h9-11,13,21H,3-8H2,1-2H3,(H,20,23)/b16-13-. The van der Waals surface area contributed by atoms with Crippen LogP contribution in [-0.2, 0) is 9.53 Å². The van der Waals surface area contributed by atoms with Gasteiger partial charge in [0, 0.05) is 38.1 Å². The maximum absolute atomic E-state index is 12.1. The summed E-state index contributed by atoms with van der Waals surface area (Å²) in [6.45, 7) is 8.51. The number of aryl methyl sites for hydroxylation is 2. The van der Waals surface area contributed by atoms with Crippen LogP contribution >= 0.6 is 0 Å². The summed E-state index contributed by atoms with van der Waals surface area (Å²) in [6, 6.07) is 7.94. The van der Waals surface area contributed by atoms with Gasteiger partial charge >= 0.3 is 0 Å². The second-order valence-corrected chi connectivity index (χ2v) is 5.90. The second kappa shape index (κ2) is 9.06. The number of hydrogen-bond donors (Lipinski definition) is 2. The van der Waals surface area contributed by atoms with Crippen molar-refractivity contribution in [1.82, 2.24) is 10.2 Å². The predicted molar refractivity (Wildman–Crippen MR) is 93.5 cm³/mol. The third-order valence-electron chi connectivity index (χ3n) is 3.79. The molecule has 0 aromatic heterocycles. The lowest BCUT2D eigenvalue weighted by molar-refractivity contribution is -0.117. The smallest absolute Gasteiger partial charge is 0.263 e. The Morgan fingerprint density at radius 2 is 1.96 bits per heavy atom. The van der Waals surface area contributed by atoms with E-state index in [-0.39, 0.29) is 11.5 Å². The van der Waals surface area contributed by atoms with Crippen LogP contribution in [0.25, 0.3) is 0 Å². The molecular formula is C18H24N4O2. The first-order valence-corrected chi connectivity index (χ1v) is 8.12. The Kier molecular flexibility index (Phi) is 6.79. The molecule has 2 N–H and O–H groups in total. The molecule has 6 nitrogen and oxygen atoms in total. The molecule has 0 radical (unpaired) electrons. The third-order valence-corrected chi connectivity index (χ3v) is 3.79. The van der Waals surface area contributed by atoms with Crippen molar-refractivity contribution in [2.45, 2.75) is 13.8 Å². The van der Waals surface area contributed by atoms with Crippen LogP contribution in [0.4, 0.5) is 5.69 Å². The van der Waals surface area contributed by atoms with Crippen LogP contribution in [0.15, 0.2) is 30.0 Å². The van der Waals surface area contributed by atoms with Crippen LogP contribution < -0.4 is 10.6 Å². The highest BCUT2D eigenvalue weighted by Gasteiger charge is 2.12. The summed E-state index contributed by atoms with van der Waals surface area (Å²) < 4.78 is 5.28. The van der Waals surface area contributed by atoms with Crippen LogP contribution in [-0.4, -0.2) is 50.2 Å². The lowest BCUT2D eigenvalue weighted by atomic mass is 10.1. The maximum Gasteiger partial charge on any atom is 0.263 e. The van der Waals surface area contributed by atoms with Crippen LogP contribution in [0.1, 0.15) is 11.1 Å². The number of rotatable bonds is 6. The summed E-state index contributed by atoms with van der Waals surface area (Å²) in [4.78, 5) is 14.3. The number of amides is 1. The number of carbonyl (C=O) groups is 1. The van der Waals surface area contributed by atoms with Crippen LogP contribution in [0.5, 0.6) is 0 Å². The van der Waals surface area contributed by atoms with Crippen molar-refractivity contribution >= 4 is 11.6 Å². The van der Waals surface area contributed by atoms with Crippen molar-refractivity contribution in [2.24, 2.45) is 0 Å². The van der Waals surface area contributed by atoms with E-state index in [0.717, 1.165) is 49.7 Å². The lowest BCUT2D eigenvalue weighted by Crippen LogP contribution is -2.41. The summed E-state index contributed by atoms with van der Waals surface area (Å²) in [5, 5.41) is 15.0. The van der Waals surface area contributed by atoms with Gasteiger partial charge in [0.25, 0.3) is 5.91 Å². The fourth-order valence-corrected chi connectivity index (χ4v) is 2.61. The Bertz CT molecular complexity index is 623. The number of hydrogen-bond acceptors (Lipinski definition) is 5. The summed E-state index contributed by atoms with van der Waals surface area (Å²) >= 11 is 0. The van der Waals surface area contributed by atoms with Crippen LogP contribution in [0.3, 0.4) is 0 Å². The summed E-state index contributed by atoms with van der Waals surface area (Å²) in [5.74, 6) is -0.359. The number of nitriles is 1. The molecule has 1 saturated heterocycles. The van der Waals surface area contributed by atoms with Crippen LogP contribution in [0, 0.1) is 25.2 Å². The number of carbonyl (C=O) groups excluding carboxylic acids is 1. The molecule has 1 heterocycles. The number of nitrogens with zero attached hydrogens (tertiary/aromatic N) is 2. The van der Waals surface area contributed by atoms with Gasteiger partial charge in [0.15, 0.2) is 0 Å². The third kappa shape index (κ3) is 5.69. The van der Waals surface area contributed by atoms with Gasteiger partial charge in [-0.15, -0.1) is 0 Å². The summed E-state index contributed by atoms with van der Waals surface area (Å²) in [6.07, 6.45) is 1.46. The quantitative estimate of drug-likeness (QED) is 0.612. The molecule has 1 aromatic rings. The molecule has 1 amide bonds. The minimum atomic E-state index is -0.359. The predicted octanol–water partition coefficient (Wildman–Crippen LogP) is 1.57. The normalized spacial score (nSPS) is 15.6. The van der Waals surface area contributed by atoms with Gasteiger partial charge in [0.2, 0.25) is 0 Å². The highest BCUT2D eigenvalue weighted by Crippen LogP contribution is 2.14. The van der Waals surface area contributed by atoms with Gasteiger partial charge in [-0.1, -0.05) is 6.07 Å². The summed E-state index contributed by atoms with van der Waals surface area (Å²) in [5.41, 5.74) is 3.18. The molecule has 1 fully saturated rings. The molecule has 1 aliphatic rings. The molecule has 0 spiro atoms. The van der Waals surface area contributed by atoms with Crippen molar-refractivity contribution in [1.29, 1.82) is 5.26 Å². The van der Waals surface area contributed by atoms with E-state index in [1.54, 1.807) is 0 Å². The molecule has 0 aliphatic carbocycles. The number of nitrogens with one attached hydrogen (secondary N) is 2. The van der Waals surface area contributed by atoms with Crippen molar-refractivity contribution < 1.29 is 9.53 Å². The van der Waals surface area contributed by atoms with Crippen molar-refractivity contribution in [3.05, 3.63) is 41.1 Å². The van der Waals surface area contributed by atoms with Gasteiger partial charge in [0.05, 0.1) is 13.2 Å². The van der Waals surface area contributed by atoms with E-state index in [4.69, 9.17) is 4.74 Å². The Hall–Kier alpha value is -2.36. The fraction of sp³-hybridized carbons (Fsp3) is 0.444. The van der Waals surface area contributed by atoms with E-state index >= 15 is 0 Å². The molecule has 6 heteroatoms. The van der Waals surface area contributed by atoms with E-state index in [1.807, 2.05) is 32.0 Å². The first-order chi connectivity index (χ1) is 11.6. The molecule has 128 valence electrons. The molecule has 0 unspecified atom stereocenters. The molecule has 0 saturated carbocycles. The number of anilines is 1. The Morgan fingerprint density at radius 3 is 2.58 bits per heavy atom. The zero-order chi connectivity index (χ0) is 17.4. The first kappa shape index (κ1) is 18.0. The zero-order valence-corrected chi connectivity index (χ0v) is 14.3. The Labute approximate surface area is 143 Å². The fourth-order valence-electron chi connectivity index (χ4n) is 2.61. The Balaban J connectivity index is 1.84. The second-order valence-electron chi connectivity index (χ2n) is 5.90. The number of ether oxygens (including phenoxy) is 1. The van der Waals surface area contributed by atoms with Gasteiger partial charge in [0.1, 0.15) is 11.6 Å². The van der Waals surface area contributed by atoms with Crippen molar-refractivity contribution in [2.75, 3.05) is 44.7 Å². The van der Waals surface area contributed by atoms with E-state index in [0.29, 0.717) is 6.54 Å². The van der Waals surface area contributed by atoms with Crippen LogP contribution in [0.2, 0.25) is 0 Å². The number of morpholine rings is 1. The molecule has 2 rings (SSSR count). The Morgan fingerprint density at radius 1 is 1.29 bits per heavy atom. The molecule has 24 heavy (non-hydrogen) atoms. The van der Waals surface area contributed by atoms with Crippen molar-refractivity contribution in [3.63, 3.8) is 0 Å². The van der Waals surface area contributed by atoms with E-state index in [2.05, 4.69) is 21.6 Å². The molecule has 0 bridgehead atoms. The zero-order valence-electron chi connectivity index (χ0n) is 14.3. The highest BCUT2D eigenvalue weighted by molar-refractivity contribution is 5.97. The average molecular weight is 328 g/mol. The topological polar surface area (TPSA) is 77.4 Å². The first-order valence-electron chi connectivity index (χ1n) is 8.12. The average Bonchev–Trinajstić information content (AvgIpc) is 2.55.